The van der Waals surface area contributed by atoms with Crippen LogP contribution in [0.1, 0.15) is 22.2 Å². The smallest absolute Gasteiger partial charge is 0.312 e. The Balaban J connectivity index is 1.45. The fourth-order valence-corrected chi connectivity index (χ4v) is 2.71. The molecular weight excluding hydrogens is 347 g/mol. The summed E-state index contributed by atoms with van der Waals surface area (Å²) >= 11 is 1.39. The van der Waals surface area contributed by atoms with Gasteiger partial charge >= 0.3 is 5.97 Å². The fourth-order valence-electron chi connectivity index (χ4n) is 2.01. The molecule has 0 N–H and O–H groups in total. The lowest BCUT2D eigenvalue weighted by Gasteiger charge is -2.03. The van der Waals surface area contributed by atoms with E-state index in [2.05, 4.69) is 10.1 Å². The molecule has 1 aromatic carbocycles. The SMILES string of the molecule is Cc1cc(COC(=O)Cc2csc(COc3ccc(F)cc3)n2)on1. The molecule has 2 heterocycles. The number of aromatic nitrogens is 2. The number of nitrogens with zero attached hydrogens (tertiary/aromatic N) is 2. The molecule has 25 heavy (non-hydrogen) atoms. The van der Waals surface area contributed by atoms with Gasteiger partial charge in [-0.05, 0) is 31.2 Å². The summed E-state index contributed by atoms with van der Waals surface area (Å²) in [6.45, 7) is 2.09. The maximum Gasteiger partial charge on any atom is 0.312 e. The highest BCUT2D eigenvalue weighted by molar-refractivity contribution is 7.09. The maximum atomic E-state index is 12.8. The van der Waals surface area contributed by atoms with Crippen molar-refractivity contribution in [2.45, 2.75) is 26.6 Å². The molecule has 0 radical (unpaired) electrons. The molecule has 0 saturated carbocycles. The Morgan fingerprint density at radius 2 is 2.08 bits per heavy atom. The van der Waals surface area contributed by atoms with Crippen LogP contribution in [0, 0.1) is 12.7 Å². The average molecular weight is 362 g/mol. The van der Waals surface area contributed by atoms with Gasteiger partial charge < -0.3 is 14.0 Å². The summed E-state index contributed by atoms with van der Waals surface area (Å²) in [6, 6.07) is 7.46. The van der Waals surface area contributed by atoms with E-state index in [1.807, 2.05) is 0 Å². The second kappa shape index (κ2) is 7.89. The fraction of sp³-hybridized carbons (Fsp3) is 0.235. The van der Waals surface area contributed by atoms with Gasteiger partial charge in [-0.2, -0.15) is 0 Å². The zero-order chi connectivity index (χ0) is 17.6. The van der Waals surface area contributed by atoms with Gasteiger partial charge in [0.2, 0.25) is 0 Å². The van der Waals surface area contributed by atoms with Gasteiger partial charge in [0, 0.05) is 11.4 Å². The monoisotopic (exact) mass is 362 g/mol. The van der Waals surface area contributed by atoms with E-state index in [4.69, 9.17) is 14.0 Å². The largest absolute Gasteiger partial charge is 0.486 e. The number of thiazole rings is 1. The van der Waals surface area contributed by atoms with Crippen molar-refractivity contribution in [2.75, 3.05) is 0 Å². The molecule has 8 heteroatoms. The normalized spacial score (nSPS) is 10.6. The van der Waals surface area contributed by atoms with Crippen molar-refractivity contribution in [2.24, 2.45) is 0 Å². The summed E-state index contributed by atoms with van der Waals surface area (Å²) in [7, 11) is 0. The lowest BCUT2D eigenvalue weighted by molar-refractivity contribution is -0.144. The van der Waals surface area contributed by atoms with E-state index in [0.717, 1.165) is 10.7 Å². The van der Waals surface area contributed by atoms with E-state index in [9.17, 15) is 9.18 Å². The van der Waals surface area contributed by atoms with Crippen LogP contribution in [0.5, 0.6) is 5.75 Å². The predicted octanol–water partition coefficient (Wildman–Crippen LogP) is 3.44. The Labute approximate surface area is 147 Å². The van der Waals surface area contributed by atoms with E-state index in [1.54, 1.807) is 30.5 Å². The van der Waals surface area contributed by atoms with E-state index in [1.165, 1.54) is 23.5 Å². The van der Waals surface area contributed by atoms with Gasteiger partial charge in [-0.1, -0.05) is 5.16 Å². The van der Waals surface area contributed by atoms with Gasteiger partial charge in [0.15, 0.2) is 12.4 Å². The molecule has 3 aromatic rings. The van der Waals surface area contributed by atoms with Crippen LogP contribution in [-0.4, -0.2) is 16.1 Å². The van der Waals surface area contributed by atoms with Crippen LogP contribution < -0.4 is 4.74 Å². The van der Waals surface area contributed by atoms with Crippen molar-refractivity contribution in [3.05, 3.63) is 63.7 Å². The van der Waals surface area contributed by atoms with Crippen molar-refractivity contribution >= 4 is 17.3 Å². The minimum absolute atomic E-state index is 0.0460. The van der Waals surface area contributed by atoms with Gasteiger partial charge in [0.25, 0.3) is 0 Å². The number of rotatable bonds is 7. The number of esters is 1. The third kappa shape index (κ3) is 5.12. The predicted molar refractivity (Wildman–Crippen MR) is 87.6 cm³/mol. The van der Waals surface area contributed by atoms with E-state index >= 15 is 0 Å². The van der Waals surface area contributed by atoms with Gasteiger partial charge in [-0.15, -0.1) is 11.3 Å². The average Bonchev–Trinajstić information content (AvgIpc) is 3.21. The van der Waals surface area contributed by atoms with Crippen molar-refractivity contribution in [3.63, 3.8) is 0 Å². The first-order valence-electron chi connectivity index (χ1n) is 7.48. The van der Waals surface area contributed by atoms with Crippen molar-refractivity contribution in [1.82, 2.24) is 10.1 Å². The van der Waals surface area contributed by atoms with Gasteiger partial charge in [0.1, 0.15) is 23.2 Å². The molecule has 2 aromatic heterocycles. The second-order valence-corrected chi connectivity index (χ2v) is 6.19. The molecule has 0 aliphatic carbocycles. The number of aryl methyl sites for hydroxylation is 1. The highest BCUT2D eigenvalue weighted by atomic mass is 32.1. The summed E-state index contributed by atoms with van der Waals surface area (Å²) in [5, 5.41) is 6.22. The molecule has 0 atom stereocenters. The van der Waals surface area contributed by atoms with Crippen molar-refractivity contribution < 1.29 is 23.2 Å². The Hall–Kier alpha value is -2.74. The van der Waals surface area contributed by atoms with Crippen LogP contribution in [0.25, 0.3) is 0 Å². The highest BCUT2D eigenvalue weighted by Gasteiger charge is 2.11. The van der Waals surface area contributed by atoms with Gasteiger partial charge in [0.05, 0.1) is 17.8 Å². The van der Waals surface area contributed by atoms with E-state index in [0.29, 0.717) is 17.2 Å². The first-order chi connectivity index (χ1) is 12.1. The highest BCUT2D eigenvalue weighted by Crippen LogP contribution is 2.16. The molecule has 0 amide bonds. The van der Waals surface area contributed by atoms with Crippen LogP contribution in [0.15, 0.2) is 40.2 Å². The third-order valence-electron chi connectivity index (χ3n) is 3.15. The molecule has 0 fully saturated rings. The Morgan fingerprint density at radius 1 is 1.28 bits per heavy atom. The van der Waals surface area contributed by atoms with Crippen LogP contribution in [-0.2, 0) is 29.2 Å². The van der Waals surface area contributed by atoms with E-state index in [-0.39, 0.29) is 25.5 Å². The number of ether oxygens (including phenoxy) is 2. The number of carbonyl (C=O) groups excluding carboxylic acids is 1. The molecule has 3 rings (SSSR count). The Bertz CT molecular complexity index is 844. The Morgan fingerprint density at radius 3 is 2.80 bits per heavy atom. The molecule has 0 aliphatic rings. The van der Waals surface area contributed by atoms with Crippen LogP contribution in [0.2, 0.25) is 0 Å². The topological polar surface area (TPSA) is 74.5 Å². The van der Waals surface area contributed by atoms with Gasteiger partial charge in [-0.3, -0.25) is 4.79 Å². The molecule has 0 saturated heterocycles. The van der Waals surface area contributed by atoms with Crippen LogP contribution >= 0.6 is 11.3 Å². The van der Waals surface area contributed by atoms with E-state index < -0.39 is 5.97 Å². The summed E-state index contributed by atoms with van der Waals surface area (Å²) in [5.74, 6) is 0.339. The molecule has 0 unspecified atom stereocenters. The lowest BCUT2D eigenvalue weighted by Crippen LogP contribution is -2.08. The number of hydrogen-bond acceptors (Lipinski definition) is 7. The standard InChI is InChI=1S/C17H15FN2O4S/c1-11-6-15(24-20-11)8-23-17(21)7-13-10-25-16(19-13)9-22-14-4-2-12(18)3-5-14/h2-6,10H,7-9H2,1H3. The molecular formula is C17H15FN2O4S. The minimum Gasteiger partial charge on any atom is -0.486 e. The summed E-state index contributed by atoms with van der Waals surface area (Å²) in [6.07, 6.45) is 0.0696. The quantitative estimate of drug-likeness (QED) is 0.600. The summed E-state index contributed by atoms with van der Waals surface area (Å²) in [4.78, 5) is 16.2. The van der Waals surface area contributed by atoms with Crippen molar-refractivity contribution in [1.29, 1.82) is 0 Å². The van der Waals surface area contributed by atoms with Gasteiger partial charge in [-0.25, -0.2) is 9.37 Å². The zero-order valence-electron chi connectivity index (χ0n) is 13.4. The van der Waals surface area contributed by atoms with Crippen LogP contribution in [0.4, 0.5) is 4.39 Å². The number of halogens is 1. The lowest BCUT2D eigenvalue weighted by atomic mass is 10.3. The zero-order valence-corrected chi connectivity index (χ0v) is 14.2. The molecule has 0 spiro atoms. The summed E-state index contributed by atoms with van der Waals surface area (Å²) in [5.41, 5.74) is 1.35. The number of benzene rings is 1. The second-order valence-electron chi connectivity index (χ2n) is 5.25. The maximum absolute atomic E-state index is 12.8. The molecule has 0 aliphatic heterocycles. The van der Waals surface area contributed by atoms with Crippen molar-refractivity contribution in [3.8, 4) is 5.75 Å². The third-order valence-corrected chi connectivity index (χ3v) is 4.02. The Kier molecular flexibility index (Phi) is 5.39. The summed E-state index contributed by atoms with van der Waals surface area (Å²) < 4.78 is 28.4. The molecule has 130 valence electrons. The first-order valence-corrected chi connectivity index (χ1v) is 8.36. The molecule has 6 nitrogen and oxygen atoms in total. The first kappa shape index (κ1) is 17.1. The number of carbonyl (C=O) groups is 1. The number of hydrogen-bond donors (Lipinski definition) is 0. The van der Waals surface area contributed by atoms with Crippen LogP contribution in [0.3, 0.4) is 0 Å². The molecule has 0 bridgehead atoms. The minimum atomic E-state index is -0.398.